The molecule has 4 heteroatoms. The number of halogens is 1. The van der Waals surface area contributed by atoms with E-state index in [9.17, 15) is 4.79 Å². The second kappa shape index (κ2) is 6.70. The Balaban J connectivity index is 1.93. The molecule has 0 atom stereocenters. The van der Waals surface area contributed by atoms with Crippen LogP contribution in [-0.2, 0) is 5.54 Å². The van der Waals surface area contributed by atoms with Gasteiger partial charge >= 0.3 is 0 Å². The van der Waals surface area contributed by atoms with Crippen molar-refractivity contribution in [2.24, 2.45) is 0 Å². The van der Waals surface area contributed by atoms with Crippen molar-refractivity contribution in [3.8, 4) is 0 Å². The molecule has 0 aliphatic heterocycles. The SMILES string of the molecule is CCC(CC)(NC(=O)c1cc2cc(Cl)ccc2[nH]1)c1ccccc1. The van der Waals surface area contributed by atoms with Crippen molar-refractivity contribution in [1.82, 2.24) is 10.3 Å². The first-order valence-corrected chi connectivity index (χ1v) is 8.62. The monoisotopic (exact) mass is 340 g/mol. The predicted molar refractivity (Wildman–Crippen MR) is 99.5 cm³/mol. The average molecular weight is 341 g/mol. The lowest BCUT2D eigenvalue weighted by molar-refractivity contribution is 0.0885. The predicted octanol–water partition coefficient (Wildman–Crippen LogP) is 5.27. The fraction of sp³-hybridized carbons (Fsp3) is 0.250. The minimum Gasteiger partial charge on any atom is -0.351 e. The Morgan fingerprint density at radius 2 is 1.79 bits per heavy atom. The molecule has 3 aromatic rings. The van der Waals surface area contributed by atoms with Gasteiger partial charge in [0.1, 0.15) is 5.69 Å². The number of amides is 1. The molecule has 0 saturated heterocycles. The summed E-state index contributed by atoms with van der Waals surface area (Å²) in [5.41, 5.74) is 2.22. The Morgan fingerprint density at radius 3 is 2.46 bits per heavy atom. The lowest BCUT2D eigenvalue weighted by Crippen LogP contribution is -2.45. The summed E-state index contributed by atoms with van der Waals surface area (Å²) in [6.45, 7) is 4.20. The molecule has 1 amide bonds. The van der Waals surface area contributed by atoms with Crippen LogP contribution in [0.2, 0.25) is 5.02 Å². The minimum atomic E-state index is -0.368. The van der Waals surface area contributed by atoms with Crippen molar-refractivity contribution in [2.45, 2.75) is 32.2 Å². The number of hydrogen-bond acceptors (Lipinski definition) is 1. The molecule has 2 aromatic carbocycles. The minimum absolute atomic E-state index is 0.102. The highest BCUT2D eigenvalue weighted by atomic mass is 35.5. The maximum Gasteiger partial charge on any atom is 0.268 e. The van der Waals surface area contributed by atoms with Gasteiger partial charge in [-0.15, -0.1) is 0 Å². The summed E-state index contributed by atoms with van der Waals surface area (Å²) in [6, 6.07) is 17.5. The number of aromatic amines is 1. The van der Waals surface area contributed by atoms with Gasteiger partial charge in [0.15, 0.2) is 0 Å². The normalized spacial score (nSPS) is 11.6. The number of nitrogens with one attached hydrogen (secondary N) is 2. The Hall–Kier alpha value is -2.26. The Morgan fingerprint density at radius 1 is 1.08 bits per heavy atom. The van der Waals surface area contributed by atoms with Crippen LogP contribution >= 0.6 is 11.6 Å². The molecule has 1 heterocycles. The van der Waals surface area contributed by atoms with Crippen LogP contribution in [0.25, 0.3) is 10.9 Å². The van der Waals surface area contributed by atoms with Gasteiger partial charge in [0.25, 0.3) is 5.91 Å². The standard InChI is InChI=1S/C20H21ClN2O/c1-3-20(4-2,15-8-6-5-7-9-15)23-19(24)18-13-14-12-16(21)10-11-17(14)22-18/h5-13,22H,3-4H2,1-2H3,(H,23,24). The number of H-pyrrole nitrogens is 1. The van der Waals surface area contributed by atoms with Crippen LogP contribution in [0.3, 0.4) is 0 Å². The summed E-state index contributed by atoms with van der Waals surface area (Å²) in [7, 11) is 0. The van der Waals surface area contributed by atoms with Crippen molar-refractivity contribution in [3.05, 3.63) is 70.9 Å². The van der Waals surface area contributed by atoms with Crippen LogP contribution in [0.5, 0.6) is 0 Å². The first-order chi connectivity index (χ1) is 11.6. The average Bonchev–Trinajstić information content (AvgIpc) is 3.03. The summed E-state index contributed by atoms with van der Waals surface area (Å²) in [5.74, 6) is -0.102. The van der Waals surface area contributed by atoms with Crippen LogP contribution in [0, 0.1) is 0 Å². The number of carbonyl (C=O) groups excluding carboxylic acids is 1. The summed E-state index contributed by atoms with van der Waals surface area (Å²) in [6.07, 6.45) is 1.65. The van der Waals surface area contributed by atoms with Gasteiger partial charge in [0, 0.05) is 15.9 Å². The molecule has 0 fully saturated rings. The quantitative estimate of drug-likeness (QED) is 0.653. The lowest BCUT2D eigenvalue weighted by Gasteiger charge is -2.33. The van der Waals surface area contributed by atoms with E-state index in [0.29, 0.717) is 10.7 Å². The van der Waals surface area contributed by atoms with E-state index in [1.165, 1.54) is 0 Å². The molecule has 0 aliphatic carbocycles. The van der Waals surface area contributed by atoms with E-state index >= 15 is 0 Å². The molecule has 2 N–H and O–H groups in total. The Labute approximate surface area is 147 Å². The largest absolute Gasteiger partial charge is 0.351 e. The smallest absolute Gasteiger partial charge is 0.268 e. The van der Waals surface area contributed by atoms with E-state index < -0.39 is 0 Å². The van der Waals surface area contributed by atoms with E-state index in [-0.39, 0.29) is 11.4 Å². The van der Waals surface area contributed by atoms with E-state index in [0.717, 1.165) is 29.3 Å². The lowest BCUT2D eigenvalue weighted by atomic mass is 9.84. The van der Waals surface area contributed by atoms with Gasteiger partial charge in [0.2, 0.25) is 0 Å². The maximum absolute atomic E-state index is 12.8. The molecule has 0 bridgehead atoms. The van der Waals surface area contributed by atoms with Crippen molar-refractivity contribution < 1.29 is 4.79 Å². The van der Waals surface area contributed by atoms with Gasteiger partial charge in [-0.25, -0.2) is 0 Å². The highest BCUT2D eigenvalue weighted by Gasteiger charge is 2.30. The molecule has 124 valence electrons. The van der Waals surface area contributed by atoms with Crippen molar-refractivity contribution >= 4 is 28.4 Å². The molecule has 0 spiro atoms. The van der Waals surface area contributed by atoms with Gasteiger partial charge in [0.05, 0.1) is 5.54 Å². The maximum atomic E-state index is 12.8. The van der Waals surface area contributed by atoms with Crippen LogP contribution in [0.1, 0.15) is 42.7 Å². The number of fused-ring (bicyclic) bond motifs is 1. The zero-order valence-corrected chi connectivity index (χ0v) is 14.7. The van der Waals surface area contributed by atoms with E-state index in [2.05, 4.69) is 36.3 Å². The summed E-state index contributed by atoms with van der Waals surface area (Å²) < 4.78 is 0. The van der Waals surface area contributed by atoms with E-state index in [1.54, 1.807) is 0 Å². The number of carbonyl (C=O) groups is 1. The van der Waals surface area contributed by atoms with Crippen molar-refractivity contribution in [2.75, 3.05) is 0 Å². The third kappa shape index (κ3) is 3.04. The van der Waals surface area contributed by atoms with E-state index in [1.807, 2.05) is 42.5 Å². The van der Waals surface area contributed by atoms with Crippen molar-refractivity contribution in [3.63, 3.8) is 0 Å². The second-order valence-corrected chi connectivity index (χ2v) is 6.46. The molecule has 0 saturated carbocycles. The number of rotatable bonds is 5. The number of benzene rings is 2. The Kier molecular flexibility index (Phi) is 4.63. The third-order valence-corrected chi connectivity index (χ3v) is 4.95. The summed E-state index contributed by atoms with van der Waals surface area (Å²) in [5, 5.41) is 4.83. The van der Waals surface area contributed by atoms with Crippen LogP contribution in [0.15, 0.2) is 54.6 Å². The molecular formula is C20H21ClN2O. The fourth-order valence-electron chi connectivity index (χ4n) is 3.17. The topological polar surface area (TPSA) is 44.9 Å². The molecule has 0 unspecified atom stereocenters. The van der Waals surface area contributed by atoms with Gasteiger partial charge < -0.3 is 10.3 Å². The van der Waals surface area contributed by atoms with E-state index in [4.69, 9.17) is 11.6 Å². The van der Waals surface area contributed by atoms with Gasteiger partial charge in [-0.2, -0.15) is 0 Å². The van der Waals surface area contributed by atoms with Crippen LogP contribution < -0.4 is 5.32 Å². The molecular weight excluding hydrogens is 320 g/mol. The zero-order chi connectivity index (χ0) is 17.2. The third-order valence-electron chi connectivity index (χ3n) is 4.71. The van der Waals surface area contributed by atoms with Crippen LogP contribution in [-0.4, -0.2) is 10.9 Å². The molecule has 0 radical (unpaired) electrons. The molecule has 3 rings (SSSR count). The van der Waals surface area contributed by atoms with Crippen molar-refractivity contribution in [1.29, 1.82) is 0 Å². The molecule has 24 heavy (non-hydrogen) atoms. The summed E-state index contributed by atoms with van der Waals surface area (Å²) >= 11 is 6.02. The highest BCUT2D eigenvalue weighted by Crippen LogP contribution is 2.29. The summed E-state index contributed by atoms with van der Waals surface area (Å²) in [4.78, 5) is 16.0. The van der Waals surface area contributed by atoms with Crippen LogP contribution in [0.4, 0.5) is 0 Å². The number of hydrogen-bond donors (Lipinski definition) is 2. The molecule has 1 aromatic heterocycles. The fourth-order valence-corrected chi connectivity index (χ4v) is 3.36. The molecule has 3 nitrogen and oxygen atoms in total. The zero-order valence-electron chi connectivity index (χ0n) is 13.9. The second-order valence-electron chi connectivity index (χ2n) is 6.02. The van der Waals surface area contributed by atoms with Gasteiger partial charge in [-0.05, 0) is 42.7 Å². The van der Waals surface area contributed by atoms with Gasteiger partial charge in [-0.1, -0.05) is 55.8 Å². The number of aromatic nitrogens is 1. The first-order valence-electron chi connectivity index (χ1n) is 8.24. The van der Waals surface area contributed by atoms with Gasteiger partial charge in [-0.3, -0.25) is 4.79 Å². The molecule has 0 aliphatic rings. The Bertz CT molecular complexity index is 850. The highest BCUT2D eigenvalue weighted by molar-refractivity contribution is 6.31. The first kappa shape index (κ1) is 16.6.